The van der Waals surface area contributed by atoms with Crippen LogP contribution in [0.25, 0.3) is 11.3 Å². The van der Waals surface area contributed by atoms with Gasteiger partial charge in [0.25, 0.3) is 0 Å². The summed E-state index contributed by atoms with van der Waals surface area (Å²) in [7, 11) is 0. The maximum atomic E-state index is 12.1. The van der Waals surface area contributed by atoms with Gasteiger partial charge in [-0.05, 0) is 24.3 Å². The maximum Gasteiger partial charge on any atom is 0.243 e. The molecule has 0 aliphatic carbocycles. The first-order valence-electron chi connectivity index (χ1n) is 7.21. The minimum atomic E-state index is -0.502. The summed E-state index contributed by atoms with van der Waals surface area (Å²) in [5.41, 5.74) is 7.84. The summed E-state index contributed by atoms with van der Waals surface area (Å²) >= 11 is 3.12. The van der Waals surface area contributed by atoms with E-state index in [0.29, 0.717) is 5.13 Å². The number of nitrogens with zero attached hydrogens (tertiary/aromatic N) is 1. The van der Waals surface area contributed by atoms with E-state index in [0.717, 1.165) is 17.7 Å². The topological polar surface area (TPSA) is 68.0 Å². The van der Waals surface area contributed by atoms with Gasteiger partial charge in [0.2, 0.25) is 5.91 Å². The lowest BCUT2D eigenvalue weighted by Crippen LogP contribution is -2.40. The molecule has 3 N–H and O–H groups in total. The lowest BCUT2D eigenvalue weighted by molar-refractivity contribution is -0.118. The first-order valence-corrected chi connectivity index (χ1v) is 9.32. The van der Waals surface area contributed by atoms with Crippen molar-refractivity contribution >= 4 is 46.5 Å². The van der Waals surface area contributed by atoms with Gasteiger partial charge in [0, 0.05) is 15.8 Å². The smallest absolute Gasteiger partial charge is 0.243 e. The number of hydrogen-bond acceptors (Lipinski definition) is 5. The predicted molar refractivity (Wildman–Crippen MR) is 103 cm³/mol. The Labute approximate surface area is 151 Å². The molecular weight excluding hydrogens is 350 g/mol. The number of amides is 1. The number of carbonyl (C=O) groups is 1. The normalized spacial score (nSPS) is 13.0. The third-order valence-electron chi connectivity index (χ3n) is 3.68. The van der Waals surface area contributed by atoms with Crippen LogP contribution in [0.4, 0.5) is 5.13 Å². The summed E-state index contributed by atoms with van der Waals surface area (Å²) in [5.74, 6) is -0.0218. The maximum absolute atomic E-state index is 12.1. The van der Waals surface area contributed by atoms with Gasteiger partial charge >= 0.3 is 0 Å². The number of benzene rings is 1. The number of hydrogen-bond donors (Lipinski definition) is 2. The zero-order valence-electron chi connectivity index (χ0n) is 13.4. The number of anilines is 1. The highest BCUT2D eigenvalue weighted by Gasteiger charge is 2.20. The number of halogens is 1. The Balaban J connectivity index is 0.00000264. The van der Waals surface area contributed by atoms with E-state index in [1.54, 1.807) is 11.8 Å². The van der Waals surface area contributed by atoms with Crippen molar-refractivity contribution in [1.29, 1.82) is 0 Å². The molecule has 23 heavy (non-hydrogen) atoms. The second-order valence-electron chi connectivity index (χ2n) is 5.17. The first-order chi connectivity index (χ1) is 10.5. The van der Waals surface area contributed by atoms with Crippen LogP contribution in [0.3, 0.4) is 0 Å². The Morgan fingerprint density at radius 2 is 2.04 bits per heavy atom. The number of aromatic nitrogens is 1. The molecule has 0 saturated carbocycles. The highest BCUT2D eigenvalue weighted by atomic mass is 35.5. The van der Waals surface area contributed by atoms with E-state index in [2.05, 4.69) is 22.4 Å². The van der Waals surface area contributed by atoms with E-state index < -0.39 is 6.04 Å². The predicted octanol–water partition coefficient (Wildman–Crippen LogP) is 4.27. The summed E-state index contributed by atoms with van der Waals surface area (Å²) in [5, 5.41) is 5.34. The quantitative estimate of drug-likeness (QED) is 0.744. The SMILES string of the molecule is CCC(C)C(N)C(=O)Nc1nc(-c2ccc(SC)cc2)cs1.Cl. The molecule has 2 unspecified atom stereocenters. The van der Waals surface area contributed by atoms with Gasteiger partial charge in [0.15, 0.2) is 5.13 Å². The molecule has 0 spiro atoms. The summed E-state index contributed by atoms with van der Waals surface area (Å²) < 4.78 is 0. The van der Waals surface area contributed by atoms with E-state index in [1.807, 2.05) is 37.6 Å². The van der Waals surface area contributed by atoms with E-state index in [1.165, 1.54) is 16.2 Å². The van der Waals surface area contributed by atoms with Crippen molar-refractivity contribution in [3.8, 4) is 11.3 Å². The molecular formula is C16H22ClN3OS2. The molecule has 4 nitrogen and oxygen atoms in total. The highest BCUT2D eigenvalue weighted by molar-refractivity contribution is 7.98. The number of rotatable bonds is 6. The summed E-state index contributed by atoms with van der Waals surface area (Å²) in [6, 6.07) is 7.71. The Bertz CT molecular complexity index is 631. The lowest BCUT2D eigenvalue weighted by atomic mass is 10.00. The third kappa shape index (κ3) is 5.21. The first kappa shape index (κ1) is 20.0. The van der Waals surface area contributed by atoms with Crippen molar-refractivity contribution < 1.29 is 4.79 Å². The van der Waals surface area contributed by atoms with Crippen LogP contribution < -0.4 is 11.1 Å². The Morgan fingerprint density at radius 3 is 2.61 bits per heavy atom. The van der Waals surface area contributed by atoms with Gasteiger partial charge in [0.1, 0.15) is 0 Å². The Morgan fingerprint density at radius 1 is 1.39 bits per heavy atom. The van der Waals surface area contributed by atoms with Gasteiger partial charge in [-0.3, -0.25) is 4.79 Å². The minimum Gasteiger partial charge on any atom is -0.320 e. The fourth-order valence-corrected chi connectivity index (χ4v) is 3.06. The van der Waals surface area contributed by atoms with Crippen LogP contribution in [0.5, 0.6) is 0 Å². The number of carbonyl (C=O) groups excluding carboxylic acids is 1. The highest BCUT2D eigenvalue weighted by Crippen LogP contribution is 2.26. The molecule has 1 aromatic heterocycles. The van der Waals surface area contributed by atoms with Crippen LogP contribution in [-0.2, 0) is 4.79 Å². The number of nitrogens with two attached hydrogens (primary N) is 1. The molecule has 7 heteroatoms. The molecule has 2 rings (SSSR count). The van der Waals surface area contributed by atoms with E-state index >= 15 is 0 Å². The number of thioether (sulfide) groups is 1. The largest absolute Gasteiger partial charge is 0.320 e. The van der Waals surface area contributed by atoms with Crippen LogP contribution in [0.2, 0.25) is 0 Å². The van der Waals surface area contributed by atoms with Crippen molar-refractivity contribution in [3.05, 3.63) is 29.6 Å². The van der Waals surface area contributed by atoms with Crippen LogP contribution in [0, 0.1) is 5.92 Å². The van der Waals surface area contributed by atoms with Gasteiger partial charge < -0.3 is 11.1 Å². The molecule has 126 valence electrons. The van der Waals surface area contributed by atoms with Gasteiger partial charge in [-0.15, -0.1) is 35.5 Å². The van der Waals surface area contributed by atoms with Gasteiger partial charge in [-0.25, -0.2) is 4.98 Å². The number of nitrogens with one attached hydrogen (secondary N) is 1. The van der Waals surface area contributed by atoms with Crippen LogP contribution in [0.15, 0.2) is 34.5 Å². The summed E-state index contributed by atoms with van der Waals surface area (Å²) in [6.45, 7) is 4.00. The van der Waals surface area contributed by atoms with Gasteiger partial charge in [-0.1, -0.05) is 32.4 Å². The van der Waals surface area contributed by atoms with Crippen molar-refractivity contribution in [1.82, 2.24) is 4.98 Å². The molecule has 0 radical (unpaired) electrons. The van der Waals surface area contributed by atoms with Crippen molar-refractivity contribution in [2.45, 2.75) is 31.2 Å². The van der Waals surface area contributed by atoms with Crippen LogP contribution >= 0.6 is 35.5 Å². The minimum absolute atomic E-state index is 0. The van der Waals surface area contributed by atoms with Gasteiger partial charge in [-0.2, -0.15) is 0 Å². The fraction of sp³-hybridized carbons (Fsp3) is 0.375. The molecule has 2 atom stereocenters. The third-order valence-corrected chi connectivity index (χ3v) is 5.18. The van der Waals surface area contributed by atoms with Crippen LogP contribution in [-0.4, -0.2) is 23.2 Å². The van der Waals surface area contributed by atoms with Gasteiger partial charge in [0.05, 0.1) is 11.7 Å². The molecule has 2 aromatic rings. The molecule has 1 aromatic carbocycles. The average Bonchev–Trinajstić information content (AvgIpc) is 3.01. The summed E-state index contributed by atoms with van der Waals surface area (Å²) in [6.07, 6.45) is 2.92. The monoisotopic (exact) mass is 371 g/mol. The van der Waals surface area contributed by atoms with Crippen molar-refractivity contribution in [3.63, 3.8) is 0 Å². The second kappa shape index (κ2) is 9.27. The molecule has 0 aliphatic heterocycles. The van der Waals surface area contributed by atoms with E-state index in [-0.39, 0.29) is 24.2 Å². The zero-order chi connectivity index (χ0) is 16.1. The fourth-order valence-electron chi connectivity index (χ4n) is 1.93. The zero-order valence-corrected chi connectivity index (χ0v) is 15.9. The molecule has 0 fully saturated rings. The van der Waals surface area contributed by atoms with E-state index in [4.69, 9.17) is 5.73 Å². The standard InChI is InChI=1S/C16H21N3OS2.ClH/c1-4-10(2)14(17)15(20)19-16-18-13(9-22-16)11-5-7-12(21-3)8-6-11;/h5-10,14H,4,17H2,1-3H3,(H,18,19,20);1H. The molecule has 0 bridgehead atoms. The molecule has 1 heterocycles. The molecule has 0 aliphatic rings. The van der Waals surface area contributed by atoms with Crippen molar-refractivity contribution in [2.24, 2.45) is 11.7 Å². The van der Waals surface area contributed by atoms with Crippen LogP contribution in [0.1, 0.15) is 20.3 Å². The van der Waals surface area contributed by atoms with Crippen molar-refractivity contribution in [2.75, 3.05) is 11.6 Å². The number of thiazole rings is 1. The Hall–Kier alpha value is -1.08. The molecule has 1 amide bonds. The average molecular weight is 372 g/mol. The Kier molecular flexibility index (Phi) is 8.05. The lowest BCUT2D eigenvalue weighted by Gasteiger charge is -2.16. The van der Waals surface area contributed by atoms with E-state index in [9.17, 15) is 4.79 Å². The second-order valence-corrected chi connectivity index (χ2v) is 6.90. The molecule has 0 saturated heterocycles. The summed E-state index contributed by atoms with van der Waals surface area (Å²) in [4.78, 5) is 17.8.